The van der Waals surface area contributed by atoms with Crippen molar-refractivity contribution in [1.82, 2.24) is 19.6 Å². The van der Waals surface area contributed by atoms with Crippen molar-refractivity contribution in [3.05, 3.63) is 52.1 Å². The Bertz CT molecular complexity index is 984. The molecule has 0 aliphatic carbocycles. The third-order valence-electron chi connectivity index (χ3n) is 4.96. The van der Waals surface area contributed by atoms with E-state index in [-0.39, 0.29) is 22.6 Å². The highest BCUT2D eigenvalue weighted by atomic mass is 35.5. The van der Waals surface area contributed by atoms with Crippen LogP contribution in [-0.2, 0) is 16.4 Å². The van der Waals surface area contributed by atoms with E-state index in [2.05, 4.69) is 5.10 Å². The molecule has 0 unspecified atom stereocenters. The zero-order chi connectivity index (χ0) is 21.2. The molecule has 1 aromatic heterocycles. The van der Waals surface area contributed by atoms with Gasteiger partial charge in [0.15, 0.2) is 0 Å². The molecule has 1 amide bonds. The van der Waals surface area contributed by atoms with Crippen molar-refractivity contribution < 1.29 is 17.6 Å². The highest BCUT2D eigenvalue weighted by molar-refractivity contribution is 7.90. The molecule has 1 fully saturated rings. The molecule has 1 saturated heterocycles. The number of hydrogen-bond acceptors (Lipinski definition) is 5. The number of aromatic nitrogens is 2. The number of benzene rings is 1. The molecule has 7 nitrogen and oxygen atoms in total. The Labute approximate surface area is 175 Å². The lowest BCUT2D eigenvalue weighted by molar-refractivity contribution is 0.0643. The molecule has 29 heavy (non-hydrogen) atoms. The smallest absolute Gasteiger partial charge is 0.258 e. The van der Waals surface area contributed by atoms with E-state index >= 15 is 0 Å². The van der Waals surface area contributed by atoms with Gasteiger partial charge in [0.05, 0.1) is 23.6 Å². The number of amides is 1. The minimum absolute atomic E-state index is 0.113. The van der Waals surface area contributed by atoms with E-state index in [0.29, 0.717) is 50.5 Å². The van der Waals surface area contributed by atoms with Gasteiger partial charge >= 0.3 is 0 Å². The molecule has 1 aliphatic heterocycles. The first-order valence-electron chi connectivity index (χ1n) is 9.31. The van der Waals surface area contributed by atoms with Crippen LogP contribution in [0.3, 0.4) is 0 Å². The maximum atomic E-state index is 13.1. The van der Waals surface area contributed by atoms with Gasteiger partial charge in [0.2, 0.25) is 0 Å². The largest absolute Gasteiger partial charge is 0.336 e. The fourth-order valence-electron chi connectivity index (χ4n) is 3.29. The first-order valence-corrected chi connectivity index (χ1v) is 11.7. The van der Waals surface area contributed by atoms with Gasteiger partial charge in [-0.2, -0.15) is 5.10 Å². The van der Waals surface area contributed by atoms with E-state index in [0.717, 1.165) is 5.56 Å². The van der Waals surface area contributed by atoms with Crippen LogP contribution in [0.1, 0.15) is 21.6 Å². The second-order valence-electron chi connectivity index (χ2n) is 7.30. The Hall–Kier alpha value is -1.97. The fraction of sp³-hybridized carbons (Fsp3) is 0.474. The number of carbonyl (C=O) groups excluding carboxylic acids is 1. The summed E-state index contributed by atoms with van der Waals surface area (Å²) in [6.45, 7) is 4.78. The molecule has 2 heterocycles. The molecule has 0 bridgehead atoms. The van der Waals surface area contributed by atoms with Crippen LogP contribution >= 0.6 is 11.6 Å². The van der Waals surface area contributed by atoms with Crippen molar-refractivity contribution in [2.75, 3.05) is 44.7 Å². The molecule has 158 valence electrons. The quantitative estimate of drug-likeness (QED) is 0.682. The van der Waals surface area contributed by atoms with Crippen LogP contribution in [0.4, 0.5) is 4.39 Å². The molecule has 1 aliphatic rings. The summed E-state index contributed by atoms with van der Waals surface area (Å²) in [5.74, 6) is -0.383. The van der Waals surface area contributed by atoms with Gasteiger partial charge in [0.1, 0.15) is 20.8 Å². The summed E-state index contributed by atoms with van der Waals surface area (Å²) < 4.78 is 37.3. The standard InChI is InChI=1S/C19H24ClFN4O3S/c1-14-17(18(20)25(22-14)13-15-3-5-16(21)6-4-15)19(26)24-9-7-23(8-10-24)11-12-29(2,27)28/h3-6H,7-13H2,1-2H3. The number of halogens is 2. The van der Waals surface area contributed by atoms with Crippen LogP contribution < -0.4 is 0 Å². The lowest BCUT2D eigenvalue weighted by Crippen LogP contribution is -2.49. The SMILES string of the molecule is Cc1nn(Cc2ccc(F)cc2)c(Cl)c1C(=O)N1CCN(CCS(C)(=O)=O)CC1. The monoisotopic (exact) mass is 442 g/mol. The highest BCUT2D eigenvalue weighted by Gasteiger charge is 2.28. The normalized spacial score (nSPS) is 15.7. The maximum absolute atomic E-state index is 13.1. The summed E-state index contributed by atoms with van der Waals surface area (Å²) in [7, 11) is -3.00. The van der Waals surface area contributed by atoms with E-state index in [1.165, 1.54) is 18.4 Å². The maximum Gasteiger partial charge on any atom is 0.258 e. The Morgan fingerprint density at radius 3 is 2.38 bits per heavy atom. The number of carbonyl (C=O) groups is 1. The first-order chi connectivity index (χ1) is 13.6. The van der Waals surface area contributed by atoms with Crippen molar-refractivity contribution in [2.45, 2.75) is 13.5 Å². The Balaban J connectivity index is 1.65. The molecule has 0 spiro atoms. The Kier molecular flexibility index (Phi) is 6.60. The molecule has 0 N–H and O–H groups in total. The van der Waals surface area contributed by atoms with E-state index in [1.54, 1.807) is 28.6 Å². The van der Waals surface area contributed by atoms with Crippen LogP contribution in [0.2, 0.25) is 5.15 Å². The minimum atomic E-state index is -3.00. The van der Waals surface area contributed by atoms with Crippen LogP contribution in [0, 0.1) is 12.7 Å². The average Bonchev–Trinajstić information content (AvgIpc) is 2.94. The van der Waals surface area contributed by atoms with Crippen LogP contribution in [0.15, 0.2) is 24.3 Å². The van der Waals surface area contributed by atoms with Gasteiger partial charge in [-0.25, -0.2) is 17.5 Å². The number of piperazine rings is 1. The molecule has 3 rings (SSSR count). The Morgan fingerprint density at radius 1 is 1.17 bits per heavy atom. The summed E-state index contributed by atoms with van der Waals surface area (Å²) in [6.07, 6.45) is 1.22. The van der Waals surface area contributed by atoms with Crippen LogP contribution in [0.5, 0.6) is 0 Å². The second-order valence-corrected chi connectivity index (χ2v) is 9.92. The zero-order valence-corrected chi connectivity index (χ0v) is 18.0. The van der Waals surface area contributed by atoms with Gasteiger partial charge < -0.3 is 4.90 Å². The van der Waals surface area contributed by atoms with E-state index in [1.807, 2.05) is 4.90 Å². The lowest BCUT2D eigenvalue weighted by atomic mass is 10.2. The molecular weight excluding hydrogens is 419 g/mol. The second kappa shape index (κ2) is 8.81. The van der Waals surface area contributed by atoms with Gasteiger partial charge in [0, 0.05) is 39.0 Å². The van der Waals surface area contributed by atoms with Gasteiger partial charge in [-0.3, -0.25) is 9.69 Å². The third kappa shape index (κ3) is 5.55. The van der Waals surface area contributed by atoms with Crippen LogP contribution in [-0.4, -0.2) is 78.6 Å². The predicted molar refractivity (Wildman–Crippen MR) is 110 cm³/mol. The van der Waals surface area contributed by atoms with Gasteiger partial charge in [-0.15, -0.1) is 0 Å². The topological polar surface area (TPSA) is 75.5 Å². The summed E-state index contributed by atoms with van der Waals surface area (Å²) in [4.78, 5) is 16.8. The summed E-state index contributed by atoms with van der Waals surface area (Å²) in [6, 6.07) is 6.05. The molecular formula is C19H24ClFN4O3S. The van der Waals surface area contributed by atoms with Crippen molar-refractivity contribution in [2.24, 2.45) is 0 Å². The number of rotatable bonds is 6. The number of aryl methyl sites for hydroxylation is 1. The fourth-order valence-corrected chi connectivity index (χ4v) is 4.20. The molecule has 2 aromatic rings. The van der Waals surface area contributed by atoms with Gasteiger partial charge in [-0.05, 0) is 24.6 Å². The van der Waals surface area contributed by atoms with Crippen molar-refractivity contribution >= 4 is 27.3 Å². The summed E-state index contributed by atoms with van der Waals surface area (Å²) in [5.41, 5.74) is 1.74. The van der Waals surface area contributed by atoms with Gasteiger partial charge in [-0.1, -0.05) is 23.7 Å². The number of sulfone groups is 1. The van der Waals surface area contributed by atoms with E-state index in [9.17, 15) is 17.6 Å². The van der Waals surface area contributed by atoms with Crippen LogP contribution in [0.25, 0.3) is 0 Å². The lowest BCUT2D eigenvalue weighted by Gasteiger charge is -2.34. The highest BCUT2D eigenvalue weighted by Crippen LogP contribution is 2.23. The Morgan fingerprint density at radius 2 is 1.79 bits per heavy atom. The van der Waals surface area contributed by atoms with Gasteiger partial charge in [0.25, 0.3) is 5.91 Å². The number of hydrogen-bond donors (Lipinski definition) is 0. The van der Waals surface area contributed by atoms with E-state index < -0.39 is 9.84 Å². The predicted octanol–water partition coefficient (Wildman–Crippen LogP) is 1.83. The number of nitrogens with zero attached hydrogens (tertiary/aromatic N) is 4. The molecule has 0 atom stereocenters. The average molecular weight is 443 g/mol. The molecule has 10 heteroatoms. The van der Waals surface area contributed by atoms with Crippen molar-refractivity contribution in [3.63, 3.8) is 0 Å². The first kappa shape index (κ1) is 21.7. The van der Waals surface area contributed by atoms with Crippen molar-refractivity contribution in [3.8, 4) is 0 Å². The molecule has 1 aromatic carbocycles. The zero-order valence-electron chi connectivity index (χ0n) is 16.4. The minimum Gasteiger partial charge on any atom is -0.336 e. The third-order valence-corrected chi connectivity index (χ3v) is 6.27. The van der Waals surface area contributed by atoms with E-state index in [4.69, 9.17) is 11.6 Å². The van der Waals surface area contributed by atoms with Crippen molar-refractivity contribution in [1.29, 1.82) is 0 Å². The summed E-state index contributed by atoms with van der Waals surface area (Å²) in [5, 5.41) is 4.64. The molecule has 0 radical (unpaired) electrons. The molecule has 0 saturated carbocycles. The summed E-state index contributed by atoms with van der Waals surface area (Å²) >= 11 is 6.46.